The number of halogens is 2. The van der Waals surface area contributed by atoms with Crippen LogP contribution in [0.15, 0.2) is 56.3 Å². The highest BCUT2D eigenvalue weighted by atomic mass is 79.9. The molecule has 5 nitrogen and oxygen atoms in total. The third-order valence-electron chi connectivity index (χ3n) is 3.44. The second kappa shape index (κ2) is 8.93. The number of aryl methyl sites for hydroxylation is 1. The minimum absolute atomic E-state index is 0.0288. The van der Waals surface area contributed by atoms with Crippen LogP contribution in [-0.2, 0) is 21.4 Å². The molecule has 0 fully saturated rings. The summed E-state index contributed by atoms with van der Waals surface area (Å²) in [5.41, 5.74) is 2.15. The third kappa shape index (κ3) is 6.22. The first-order valence-electron chi connectivity index (χ1n) is 7.55. The molecule has 0 heterocycles. The van der Waals surface area contributed by atoms with Crippen LogP contribution in [0.3, 0.4) is 0 Å². The molecule has 0 aliphatic carbocycles. The third-order valence-corrected chi connectivity index (χ3v) is 6.39. The maximum Gasteiger partial charge on any atom is 0.241 e. The van der Waals surface area contributed by atoms with Crippen molar-refractivity contribution in [3.8, 4) is 0 Å². The number of carbonyl (C=O) groups excluding carboxylic acids is 1. The number of sulfonamides is 1. The summed E-state index contributed by atoms with van der Waals surface area (Å²) in [6.45, 7) is 2.45. The Kier molecular flexibility index (Phi) is 7.18. The molecule has 0 saturated carbocycles. The van der Waals surface area contributed by atoms with Crippen molar-refractivity contribution in [1.82, 2.24) is 10.0 Å². The van der Waals surface area contributed by atoms with Crippen LogP contribution in [0.1, 0.15) is 17.5 Å². The summed E-state index contributed by atoms with van der Waals surface area (Å²) in [5.74, 6) is -0.211. The Morgan fingerprint density at radius 2 is 1.76 bits per heavy atom. The van der Waals surface area contributed by atoms with Crippen LogP contribution in [0.2, 0.25) is 0 Å². The molecule has 2 N–H and O–H groups in total. The summed E-state index contributed by atoms with van der Waals surface area (Å²) in [4.78, 5) is 12.0. The van der Waals surface area contributed by atoms with Crippen molar-refractivity contribution in [2.45, 2.75) is 24.8 Å². The van der Waals surface area contributed by atoms with Gasteiger partial charge in [0.25, 0.3) is 0 Å². The van der Waals surface area contributed by atoms with Crippen LogP contribution in [-0.4, -0.2) is 20.9 Å². The van der Waals surface area contributed by atoms with Gasteiger partial charge < -0.3 is 5.32 Å². The van der Waals surface area contributed by atoms with Gasteiger partial charge in [-0.2, -0.15) is 0 Å². The van der Waals surface area contributed by atoms with E-state index in [1.165, 1.54) is 6.07 Å². The van der Waals surface area contributed by atoms with Crippen LogP contribution in [0, 0.1) is 6.92 Å². The first-order valence-corrected chi connectivity index (χ1v) is 10.6. The predicted molar refractivity (Wildman–Crippen MR) is 105 cm³/mol. The number of nitrogens with one attached hydrogen (secondary N) is 2. The number of benzene rings is 2. The average molecular weight is 490 g/mol. The van der Waals surface area contributed by atoms with E-state index in [-0.39, 0.29) is 23.8 Å². The van der Waals surface area contributed by atoms with Gasteiger partial charge in [-0.3, -0.25) is 4.79 Å². The Morgan fingerprint density at radius 3 is 2.44 bits per heavy atom. The first kappa shape index (κ1) is 20.1. The van der Waals surface area contributed by atoms with Gasteiger partial charge in [0.1, 0.15) is 0 Å². The standard InChI is InChI=1S/C17H18Br2N2O3S/c1-12-2-4-13(5-3-12)11-20-17(22)8-9-21-25(23,24)16-10-14(18)6-7-15(16)19/h2-7,10,21H,8-9,11H2,1H3,(H,20,22). The molecule has 0 radical (unpaired) electrons. The lowest BCUT2D eigenvalue weighted by atomic mass is 10.1. The van der Waals surface area contributed by atoms with Gasteiger partial charge in [-0.15, -0.1) is 0 Å². The van der Waals surface area contributed by atoms with Crippen LogP contribution in [0.5, 0.6) is 0 Å². The molecule has 134 valence electrons. The van der Waals surface area contributed by atoms with E-state index in [4.69, 9.17) is 0 Å². The fraction of sp³-hybridized carbons (Fsp3) is 0.235. The van der Waals surface area contributed by atoms with E-state index in [0.29, 0.717) is 15.5 Å². The smallest absolute Gasteiger partial charge is 0.241 e. The topological polar surface area (TPSA) is 75.3 Å². The maximum atomic E-state index is 12.3. The van der Waals surface area contributed by atoms with Crippen LogP contribution in [0.25, 0.3) is 0 Å². The summed E-state index contributed by atoms with van der Waals surface area (Å²) in [6, 6.07) is 12.7. The van der Waals surface area contributed by atoms with Crippen LogP contribution < -0.4 is 10.0 Å². The molecule has 25 heavy (non-hydrogen) atoms. The molecule has 0 spiro atoms. The van der Waals surface area contributed by atoms with Gasteiger partial charge in [0.15, 0.2) is 0 Å². The zero-order valence-electron chi connectivity index (χ0n) is 13.6. The highest BCUT2D eigenvalue weighted by Gasteiger charge is 2.18. The molecule has 2 aromatic rings. The quantitative estimate of drug-likeness (QED) is 0.624. The summed E-state index contributed by atoms with van der Waals surface area (Å²) < 4.78 is 28.2. The van der Waals surface area contributed by atoms with Crippen molar-refractivity contribution in [1.29, 1.82) is 0 Å². The number of amides is 1. The van der Waals surface area contributed by atoms with E-state index in [9.17, 15) is 13.2 Å². The molecule has 0 bridgehead atoms. The molecule has 0 unspecified atom stereocenters. The summed E-state index contributed by atoms with van der Waals surface area (Å²) in [6.07, 6.45) is 0.0662. The molecule has 0 atom stereocenters. The lowest BCUT2D eigenvalue weighted by Gasteiger charge is -2.09. The molecule has 2 rings (SSSR count). The highest BCUT2D eigenvalue weighted by molar-refractivity contribution is 9.11. The van der Waals surface area contributed by atoms with Crippen molar-refractivity contribution in [2.24, 2.45) is 0 Å². The second-order valence-corrected chi connectivity index (χ2v) is 8.99. The van der Waals surface area contributed by atoms with E-state index in [0.717, 1.165) is 11.1 Å². The minimum atomic E-state index is -3.69. The predicted octanol–water partition coefficient (Wildman–Crippen LogP) is 3.50. The largest absolute Gasteiger partial charge is 0.352 e. The Labute approximate surface area is 164 Å². The van der Waals surface area contributed by atoms with Crippen molar-refractivity contribution >= 4 is 47.8 Å². The first-order chi connectivity index (χ1) is 11.8. The molecule has 0 saturated heterocycles. The number of hydrogen-bond donors (Lipinski definition) is 2. The fourth-order valence-corrected chi connectivity index (χ4v) is 4.59. The zero-order valence-corrected chi connectivity index (χ0v) is 17.5. The van der Waals surface area contributed by atoms with Gasteiger partial charge in [-0.25, -0.2) is 13.1 Å². The van der Waals surface area contributed by atoms with E-state index in [2.05, 4.69) is 41.9 Å². The van der Waals surface area contributed by atoms with E-state index in [1.54, 1.807) is 12.1 Å². The fourth-order valence-electron chi connectivity index (χ4n) is 2.05. The Morgan fingerprint density at radius 1 is 1.08 bits per heavy atom. The summed E-state index contributed by atoms with van der Waals surface area (Å²) in [5, 5.41) is 2.77. The zero-order chi connectivity index (χ0) is 18.4. The van der Waals surface area contributed by atoms with Crippen LogP contribution in [0.4, 0.5) is 0 Å². The summed E-state index contributed by atoms with van der Waals surface area (Å²) in [7, 11) is -3.69. The molecular formula is C17H18Br2N2O3S. The molecule has 1 amide bonds. The molecule has 0 aliphatic rings. The van der Waals surface area contributed by atoms with Crippen LogP contribution >= 0.6 is 31.9 Å². The van der Waals surface area contributed by atoms with E-state index in [1.807, 2.05) is 31.2 Å². The van der Waals surface area contributed by atoms with Gasteiger partial charge in [0, 0.05) is 28.5 Å². The van der Waals surface area contributed by atoms with Crippen molar-refractivity contribution in [2.75, 3.05) is 6.54 Å². The molecule has 0 aliphatic heterocycles. The highest BCUT2D eigenvalue weighted by Crippen LogP contribution is 2.25. The van der Waals surface area contributed by atoms with Crippen molar-refractivity contribution in [3.05, 3.63) is 62.5 Å². The Hall–Kier alpha value is -1.22. The second-order valence-electron chi connectivity index (χ2n) is 5.48. The van der Waals surface area contributed by atoms with Gasteiger partial charge >= 0.3 is 0 Å². The SMILES string of the molecule is Cc1ccc(CNC(=O)CCNS(=O)(=O)c2cc(Br)ccc2Br)cc1. The average Bonchev–Trinajstić information content (AvgIpc) is 2.56. The number of carbonyl (C=O) groups is 1. The van der Waals surface area contributed by atoms with Crippen molar-refractivity contribution < 1.29 is 13.2 Å². The lowest BCUT2D eigenvalue weighted by Crippen LogP contribution is -2.30. The van der Waals surface area contributed by atoms with Gasteiger partial charge in [0.2, 0.25) is 15.9 Å². The van der Waals surface area contributed by atoms with Gasteiger partial charge in [-0.05, 0) is 46.6 Å². The van der Waals surface area contributed by atoms with E-state index < -0.39 is 10.0 Å². The molecule has 2 aromatic carbocycles. The Balaban J connectivity index is 1.83. The van der Waals surface area contributed by atoms with Crippen molar-refractivity contribution in [3.63, 3.8) is 0 Å². The maximum absolute atomic E-state index is 12.3. The molecule has 0 aromatic heterocycles. The molecule has 8 heteroatoms. The Bertz CT molecular complexity index is 853. The molecular weight excluding hydrogens is 472 g/mol. The lowest BCUT2D eigenvalue weighted by molar-refractivity contribution is -0.121. The monoisotopic (exact) mass is 488 g/mol. The van der Waals surface area contributed by atoms with E-state index >= 15 is 0 Å². The normalized spacial score (nSPS) is 11.3. The van der Waals surface area contributed by atoms with Gasteiger partial charge in [-0.1, -0.05) is 45.8 Å². The van der Waals surface area contributed by atoms with Gasteiger partial charge in [0.05, 0.1) is 4.90 Å². The summed E-state index contributed by atoms with van der Waals surface area (Å²) >= 11 is 6.47. The number of rotatable bonds is 7. The minimum Gasteiger partial charge on any atom is -0.352 e. The number of hydrogen-bond acceptors (Lipinski definition) is 3.